The summed E-state index contributed by atoms with van der Waals surface area (Å²) in [6, 6.07) is 26.5. The van der Waals surface area contributed by atoms with Crippen molar-refractivity contribution in [3.63, 3.8) is 0 Å². The average molecular weight is 462 g/mol. The van der Waals surface area contributed by atoms with Gasteiger partial charge in [0, 0.05) is 54.2 Å². The minimum Gasteiger partial charge on any atom is -0.369 e. The maximum absolute atomic E-state index is 12.8. The standard InChI is InChI=1S/C26H24ClN3OS/c27-24-22-8-4-5-9-23(22)32-25(24)26(31)28-20-10-12-21(13-11-20)30-16-14-29(15-17-30)18-19-6-2-1-3-7-19/h1-13H,14-18H2,(H,28,31). The lowest BCUT2D eigenvalue weighted by Gasteiger charge is -2.36. The molecule has 3 aromatic carbocycles. The maximum Gasteiger partial charge on any atom is 0.267 e. The van der Waals surface area contributed by atoms with Crippen LogP contribution < -0.4 is 10.2 Å². The number of piperazine rings is 1. The van der Waals surface area contributed by atoms with Crippen molar-refractivity contribution < 1.29 is 4.79 Å². The largest absolute Gasteiger partial charge is 0.369 e. The third-order valence-electron chi connectivity index (χ3n) is 5.85. The highest BCUT2D eigenvalue weighted by Crippen LogP contribution is 2.35. The second-order valence-corrected chi connectivity index (χ2v) is 9.42. The van der Waals surface area contributed by atoms with Crippen LogP contribution in [-0.4, -0.2) is 37.0 Å². The molecule has 1 saturated heterocycles. The van der Waals surface area contributed by atoms with Crippen LogP contribution in [0.5, 0.6) is 0 Å². The number of halogens is 1. The predicted molar refractivity (Wildman–Crippen MR) is 135 cm³/mol. The van der Waals surface area contributed by atoms with Crippen molar-refractivity contribution >= 4 is 50.3 Å². The fourth-order valence-electron chi connectivity index (χ4n) is 4.11. The van der Waals surface area contributed by atoms with Gasteiger partial charge < -0.3 is 10.2 Å². The molecule has 1 fully saturated rings. The lowest BCUT2D eigenvalue weighted by molar-refractivity contribution is 0.103. The fourth-order valence-corrected chi connectivity index (χ4v) is 5.52. The number of hydrogen-bond donors (Lipinski definition) is 1. The summed E-state index contributed by atoms with van der Waals surface area (Å²) in [5.41, 5.74) is 3.32. The van der Waals surface area contributed by atoms with Crippen molar-refractivity contribution in [1.29, 1.82) is 0 Å². The van der Waals surface area contributed by atoms with E-state index in [0.717, 1.165) is 48.5 Å². The third kappa shape index (κ3) is 4.51. The topological polar surface area (TPSA) is 35.6 Å². The molecule has 6 heteroatoms. The minimum atomic E-state index is -0.168. The minimum absolute atomic E-state index is 0.168. The Bertz CT molecular complexity index is 1220. The molecule has 32 heavy (non-hydrogen) atoms. The molecule has 5 rings (SSSR count). The number of carbonyl (C=O) groups is 1. The van der Waals surface area contributed by atoms with Crippen LogP contribution in [0.4, 0.5) is 11.4 Å². The highest BCUT2D eigenvalue weighted by Gasteiger charge is 2.19. The molecule has 0 saturated carbocycles. The first kappa shape index (κ1) is 21.0. The Morgan fingerprint density at radius 1 is 0.875 bits per heavy atom. The zero-order valence-corrected chi connectivity index (χ0v) is 19.2. The van der Waals surface area contributed by atoms with Gasteiger partial charge in [-0.25, -0.2) is 0 Å². The van der Waals surface area contributed by atoms with Crippen LogP contribution >= 0.6 is 22.9 Å². The normalized spacial score (nSPS) is 14.6. The number of hydrogen-bond acceptors (Lipinski definition) is 4. The number of nitrogens with one attached hydrogen (secondary N) is 1. The summed E-state index contributed by atoms with van der Waals surface area (Å²) in [5, 5.41) is 4.43. The quantitative estimate of drug-likeness (QED) is 0.388. The molecule has 1 aliphatic heterocycles. The molecule has 4 nitrogen and oxygen atoms in total. The summed E-state index contributed by atoms with van der Waals surface area (Å²) >= 11 is 7.87. The lowest BCUT2D eigenvalue weighted by Crippen LogP contribution is -2.45. The van der Waals surface area contributed by atoms with Crippen LogP contribution in [0.15, 0.2) is 78.9 Å². The third-order valence-corrected chi connectivity index (χ3v) is 7.53. The van der Waals surface area contributed by atoms with Crippen LogP contribution in [0.1, 0.15) is 15.2 Å². The Labute approximate surface area is 197 Å². The van der Waals surface area contributed by atoms with Crippen molar-refractivity contribution in [3.05, 3.63) is 94.3 Å². The highest BCUT2D eigenvalue weighted by molar-refractivity contribution is 7.21. The fraction of sp³-hybridized carbons (Fsp3) is 0.192. The second kappa shape index (κ2) is 9.33. The van der Waals surface area contributed by atoms with Gasteiger partial charge in [0.15, 0.2) is 0 Å². The van der Waals surface area contributed by atoms with Crippen molar-refractivity contribution in [2.75, 3.05) is 36.4 Å². The number of amides is 1. The SMILES string of the molecule is O=C(Nc1ccc(N2CCN(Cc3ccccc3)CC2)cc1)c1sc2ccccc2c1Cl. The van der Waals surface area contributed by atoms with Gasteiger partial charge in [-0.05, 0) is 35.9 Å². The Hall–Kier alpha value is -2.86. The van der Waals surface area contributed by atoms with Crippen molar-refractivity contribution in [2.45, 2.75) is 6.54 Å². The molecule has 2 heterocycles. The summed E-state index contributed by atoms with van der Waals surface area (Å²) < 4.78 is 1.02. The van der Waals surface area contributed by atoms with Gasteiger partial charge in [0.05, 0.1) is 5.02 Å². The summed E-state index contributed by atoms with van der Waals surface area (Å²) in [5.74, 6) is -0.168. The molecule has 0 atom stereocenters. The second-order valence-electron chi connectivity index (χ2n) is 7.99. The molecule has 0 radical (unpaired) electrons. The average Bonchev–Trinajstić information content (AvgIpc) is 3.18. The molecule has 162 valence electrons. The van der Waals surface area contributed by atoms with Gasteiger partial charge in [-0.2, -0.15) is 0 Å². The number of rotatable bonds is 5. The first-order valence-electron chi connectivity index (χ1n) is 10.8. The number of fused-ring (bicyclic) bond motifs is 1. The monoisotopic (exact) mass is 461 g/mol. The number of nitrogens with zero attached hydrogens (tertiary/aromatic N) is 2. The molecular formula is C26H24ClN3OS. The van der Waals surface area contributed by atoms with E-state index >= 15 is 0 Å². The van der Waals surface area contributed by atoms with E-state index < -0.39 is 0 Å². The van der Waals surface area contributed by atoms with Crippen LogP contribution in [0.2, 0.25) is 5.02 Å². The van der Waals surface area contributed by atoms with Gasteiger partial charge in [-0.15, -0.1) is 11.3 Å². The molecule has 0 bridgehead atoms. The molecule has 1 aromatic heterocycles. The van der Waals surface area contributed by atoms with Gasteiger partial charge in [0.1, 0.15) is 4.88 Å². The molecule has 0 spiro atoms. The maximum atomic E-state index is 12.8. The molecule has 1 aliphatic rings. The predicted octanol–water partition coefficient (Wildman–Crippen LogP) is 6.13. The first-order valence-corrected chi connectivity index (χ1v) is 12.0. The van der Waals surface area contributed by atoms with Gasteiger partial charge in [0.25, 0.3) is 5.91 Å². The lowest BCUT2D eigenvalue weighted by atomic mass is 10.2. The van der Waals surface area contributed by atoms with Crippen LogP contribution in [-0.2, 0) is 6.54 Å². The first-order chi connectivity index (χ1) is 15.7. The number of thiophene rings is 1. The number of carbonyl (C=O) groups excluding carboxylic acids is 1. The Morgan fingerprint density at radius 3 is 2.28 bits per heavy atom. The summed E-state index contributed by atoms with van der Waals surface area (Å²) in [6.07, 6.45) is 0. The Balaban J connectivity index is 1.19. The zero-order valence-electron chi connectivity index (χ0n) is 17.6. The Kier molecular flexibility index (Phi) is 6.12. The van der Waals surface area contributed by atoms with Crippen molar-refractivity contribution in [2.24, 2.45) is 0 Å². The van der Waals surface area contributed by atoms with Gasteiger partial charge in [-0.1, -0.05) is 60.1 Å². The van der Waals surface area contributed by atoms with Gasteiger partial charge >= 0.3 is 0 Å². The van der Waals surface area contributed by atoms with E-state index in [-0.39, 0.29) is 5.91 Å². The molecular weight excluding hydrogens is 438 g/mol. The molecule has 1 amide bonds. The van der Waals surface area contributed by atoms with E-state index in [1.165, 1.54) is 22.6 Å². The van der Waals surface area contributed by atoms with E-state index in [4.69, 9.17) is 11.6 Å². The number of benzene rings is 3. The van der Waals surface area contributed by atoms with E-state index in [0.29, 0.717) is 9.90 Å². The van der Waals surface area contributed by atoms with Crippen molar-refractivity contribution in [3.8, 4) is 0 Å². The molecule has 4 aromatic rings. The number of anilines is 2. The van der Waals surface area contributed by atoms with E-state index in [1.807, 2.05) is 36.4 Å². The van der Waals surface area contributed by atoms with E-state index in [9.17, 15) is 4.79 Å². The van der Waals surface area contributed by atoms with Gasteiger partial charge in [0.2, 0.25) is 0 Å². The van der Waals surface area contributed by atoms with Crippen LogP contribution in [0, 0.1) is 0 Å². The zero-order chi connectivity index (χ0) is 21.9. The highest BCUT2D eigenvalue weighted by atomic mass is 35.5. The molecule has 0 unspecified atom stereocenters. The summed E-state index contributed by atoms with van der Waals surface area (Å²) in [4.78, 5) is 18.2. The van der Waals surface area contributed by atoms with Crippen molar-refractivity contribution in [1.82, 2.24) is 4.90 Å². The summed E-state index contributed by atoms with van der Waals surface area (Å²) in [6.45, 7) is 5.07. The van der Waals surface area contributed by atoms with E-state index in [2.05, 4.69) is 57.6 Å². The summed E-state index contributed by atoms with van der Waals surface area (Å²) in [7, 11) is 0. The van der Waals surface area contributed by atoms with E-state index in [1.54, 1.807) is 0 Å². The van der Waals surface area contributed by atoms with Crippen LogP contribution in [0.3, 0.4) is 0 Å². The Morgan fingerprint density at radius 2 is 1.56 bits per heavy atom. The molecule has 1 N–H and O–H groups in total. The smallest absolute Gasteiger partial charge is 0.267 e. The molecule has 0 aliphatic carbocycles. The van der Waals surface area contributed by atoms with Crippen LogP contribution in [0.25, 0.3) is 10.1 Å². The van der Waals surface area contributed by atoms with Gasteiger partial charge in [-0.3, -0.25) is 9.69 Å².